The topological polar surface area (TPSA) is 78.5 Å². The van der Waals surface area contributed by atoms with Gasteiger partial charge in [-0.3, -0.25) is 14.4 Å². The zero-order valence-corrected chi connectivity index (χ0v) is 21.8. The molecule has 4 aromatic rings. The smallest absolute Gasteiger partial charge is 0.283 e. The number of halogens is 1. The van der Waals surface area contributed by atoms with Crippen LogP contribution in [-0.2, 0) is 9.59 Å². The van der Waals surface area contributed by atoms with Gasteiger partial charge in [0.1, 0.15) is 10.6 Å². The van der Waals surface area contributed by atoms with Crippen molar-refractivity contribution < 1.29 is 14.4 Å². The fourth-order valence-corrected chi connectivity index (χ4v) is 4.98. The van der Waals surface area contributed by atoms with Crippen molar-refractivity contribution >= 4 is 58.1 Å². The molecule has 1 heterocycles. The number of rotatable bonds is 7. The summed E-state index contributed by atoms with van der Waals surface area (Å²) in [7, 11) is 0. The molecular formula is C30H22ClN3O3S. The Hall–Kier alpha value is -4.33. The van der Waals surface area contributed by atoms with Crippen LogP contribution in [0.3, 0.4) is 0 Å². The number of para-hydroxylation sites is 1. The van der Waals surface area contributed by atoms with Crippen molar-refractivity contribution in [3.05, 3.63) is 130 Å². The van der Waals surface area contributed by atoms with Crippen LogP contribution in [-0.4, -0.2) is 17.7 Å². The molecule has 2 N–H and O–H groups in total. The second-order valence-electron chi connectivity index (χ2n) is 8.57. The number of hydrogen-bond donors (Lipinski definition) is 2. The average Bonchev–Trinajstić information content (AvgIpc) is 3.14. The quantitative estimate of drug-likeness (QED) is 0.250. The molecule has 0 bridgehead atoms. The summed E-state index contributed by atoms with van der Waals surface area (Å²) in [6.45, 7) is 1.94. The zero-order valence-electron chi connectivity index (χ0n) is 20.3. The van der Waals surface area contributed by atoms with Crippen LogP contribution in [0.1, 0.15) is 15.9 Å². The van der Waals surface area contributed by atoms with Crippen molar-refractivity contribution in [3.8, 4) is 0 Å². The van der Waals surface area contributed by atoms with E-state index in [1.54, 1.807) is 54.6 Å². The zero-order chi connectivity index (χ0) is 26.6. The first-order valence-electron chi connectivity index (χ1n) is 11.8. The number of nitrogens with one attached hydrogen (secondary N) is 2. The van der Waals surface area contributed by atoms with Gasteiger partial charge in [-0.25, -0.2) is 4.90 Å². The van der Waals surface area contributed by atoms with E-state index in [9.17, 15) is 14.4 Å². The Balaban J connectivity index is 1.44. The highest BCUT2D eigenvalue weighted by molar-refractivity contribution is 8.04. The molecule has 0 fully saturated rings. The van der Waals surface area contributed by atoms with Gasteiger partial charge >= 0.3 is 0 Å². The molecule has 4 aromatic carbocycles. The van der Waals surface area contributed by atoms with E-state index in [1.807, 2.05) is 55.5 Å². The molecule has 0 radical (unpaired) electrons. The summed E-state index contributed by atoms with van der Waals surface area (Å²) in [6, 6.07) is 30.2. The molecule has 0 aromatic heterocycles. The number of thioether (sulfide) groups is 1. The van der Waals surface area contributed by atoms with Crippen LogP contribution in [0.15, 0.2) is 119 Å². The number of carbonyl (C=O) groups excluding carboxylic acids is 3. The fraction of sp³-hybridized carbons (Fsp3) is 0.0333. The van der Waals surface area contributed by atoms with Gasteiger partial charge in [0.05, 0.1) is 5.69 Å². The highest BCUT2D eigenvalue weighted by Gasteiger charge is 2.40. The van der Waals surface area contributed by atoms with E-state index in [0.29, 0.717) is 32.5 Å². The Bertz CT molecular complexity index is 1550. The van der Waals surface area contributed by atoms with Crippen LogP contribution in [0.4, 0.5) is 17.1 Å². The summed E-state index contributed by atoms with van der Waals surface area (Å²) in [5, 5.41) is 6.55. The van der Waals surface area contributed by atoms with Crippen molar-refractivity contribution in [2.24, 2.45) is 0 Å². The van der Waals surface area contributed by atoms with E-state index in [1.165, 1.54) is 16.7 Å². The molecule has 0 saturated heterocycles. The van der Waals surface area contributed by atoms with E-state index in [0.717, 1.165) is 5.56 Å². The average molecular weight is 540 g/mol. The highest BCUT2D eigenvalue weighted by Crippen LogP contribution is 2.38. The highest BCUT2D eigenvalue weighted by atomic mass is 35.5. The third-order valence-corrected chi connectivity index (χ3v) is 7.12. The van der Waals surface area contributed by atoms with Gasteiger partial charge in [0.25, 0.3) is 17.7 Å². The molecule has 188 valence electrons. The first-order chi connectivity index (χ1) is 18.4. The lowest BCUT2D eigenvalue weighted by molar-refractivity contribution is -0.120. The standard InChI is InChI=1S/C30H22ClN3O3S/c1-19-10-16-24(17-11-19)34-29(36)26(32-22-6-3-2-4-7-22)27(30(34)37)38-25-9-5-8-23(18-25)33-28(35)20-12-14-21(31)15-13-20/h2-18,32H,1H3,(H,33,35). The summed E-state index contributed by atoms with van der Waals surface area (Å²) in [5.41, 5.74) is 3.43. The van der Waals surface area contributed by atoms with Crippen LogP contribution in [0.5, 0.6) is 0 Å². The van der Waals surface area contributed by atoms with Crippen LogP contribution >= 0.6 is 23.4 Å². The van der Waals surface area contributed by atoms with Crippen molar-refractivity contribution in [3.63, 3.8) is 0 Å². The van der Waals surface area contributed by atoms with E-state index >= 15 is 0 Å². The van der Waals surface area contributed by atoms with Crippen LogP contribution in [0.25, 0.3) is 0 Å². The van der Waals surface area contributed by atoms with E-state index in [-0.39, 0.29) is 16.5 Å². The lowest BCUT2D eigenvalue weighted by atomic mass is 10.2. The molecule has 1 aliphatic heterocycles. The summed E-state index contributed by atoms with van der Waals surface area (Å²) >= 11 is 7.09. The van der Waals surface area contributed by atoms with E-state index in [4.69, 9.17) is 11.6 Å². The minimum absolute atomic E-state index is 0.197. The van der Waals surface area contributed by atoms with Gasteiger partial charge in [0, 0.05) is 26.9 Å². The molecule has 38 heavy (non-hydrogen) atoms. The first kappa shape index (κ1) is 25.3. The van der Waals surface area contributed by atoms with Gasteiger partial charge < -0.3 is 10.6 Å². The lowest BCUT2D eigenvalue weighted by Crippen LogP contribution is -2.32. The molecule has 8 heteroatoms. The number of aryl methyl sites for hydroxylation is 1. The summed E-state index contributed by atoms with van der Waals surface area (Å²) < 4.78 is 0. The van der Waals surface area contributed by atoms with Crippen molar-refractivity contribution in [2.75, 3.05) is 15.5 Å². The Morgan fingerprint density at radius 2 is 1.47 bits per heavy atom. The summed E-state index contributed by atoms with van der Waals surface area (Å²) in [6.07, 6.45) is 0. The Kier molecular flexibility index (Phi) is 7.31. The molecule has 3 amide bonds. The molecule has 1 aliphatic rings. The molecule has 0 aliphatic carbocycles. The number of anilines is 3. The van der Waals surface area contributed by atoms with Crippen molar-refractivity contribution in [2.45, 2.75) is 11.8 Å². The number of hydrogen-bond acceptors (Lipinski definition) is 5. The molecule has 0 unspecified atom stereocenters. The first-order valence-corrected chi connectivity index (χ1v) is 12.9. The Morgan fingerprint density at radius 3 is 2.18 bits per heavy atom. The van der Waals surface area contributed by atoms with Crippen LogP contribution < -0.4 is 15.5 Å². The second kappa shape index (κ2) is 11.0. The van der Waals surface area contributed by atoms with Crippen LogP contribution in [0.2, 0.25) is 5.02 Å². The van der Waals surface area contributed by atoms with Gasteiger partial charge in [0.15, 0.2) is 0 Å². The number of amides is 3. The van der Waals surface area contributed by atoms with Crippen molar-refractivity contribution in [1.82, 2.24) is 0 Å². The fourth-order valence-electron chi connectivity index (χ4n) is 3.87. The predicted molar refractivity (Wildman–Crippen MR) is 152 cm³/mol. The van der Waals surface area contributed by atoms with E-state index in [2.05, 4.69) is 10.6 Å². The molecule has 6 nitrogen and oxygen atoms in total. The third kappa shape index (κ3) is 5.49. The maximum Gasteiger partial charge on any atom is 0.283 e. The summed E-state index contributed by atoms with van der Waals surface area (Å²) in [4.78, 5) is 41.9. The minimum atomic E-state index is -0.433. The maximum absolute atomic E-state index is 13.6. The van der Waals surface area contributed by atoms with Crippen molar-refractivity contribution in [1.29, 1.82) is 0 Å². The molecular weight excluding hydrogens is 518 g/mol. The normalized spacial score (nSPS) is 13.2. The van der Waals surface area contributed by atoms with Gasteiger partial charge in [-0.15, -0.1) is 0 Å². The molecule has 5 rings (SSSR count). The van der Waals surface area contributed by atoms with Gasteiger partial charge in [-0.1, -0.05) is 65.3 Å². The minimum Gasteiger partial charge on any atom is -0.350 e. The lowest BCUT2D eigenvalue weighted by Gasteiger charge is -2.15. The number of imide groups is 1. The molecule has 0 saturated carbocycles. The molecule has 0 spiro atoms. The second-order valence-corrected chi connectivity index (χ2v) is 10.1. The summed E-state index contributed by atoms with van der Waals surface area (Å²) in [5.74, 6) is -1.14. The van der Waals surface area contributed by atoms with E-state index < -0.39 is 11.8 Å². The maximum atomic E-state index is 13.6. The van der Waals surface area contributed by atoms with Gasteiger partial charge in [-0.2, -0.15) is 0 Å². The Morgan fingerprint density at radius 1 is 0.789 bits per heavy atom. The van der Waals surface area contributed by atoms with Gasteiger partial charge in [0.2, 0.25) is 0 Å². The predicted octanol–water partition coefficient (Wildman–Crippen LogP) is 6.89. The molecule has 0 atom stereocenters. The number of nitrogens with zero attached hydrogens (tertiary/aromatic N) is 1. The third-order valence-electron chi connectivity index (χ3n) is 5.79. The number of carbonyl (C=O) groups is 3. The van der Waals surface area contributed by atoms with Crippen LogP contribution in [0, 0.1) is 6.92 Å². The Labute approximate surface area is 229 Å². The SMILES string of the molecule is Cc1ccc(N2C(=O)C(Nc3ccccc3)=C(Sc3cccc(NC(=O)c4ccc(Cl)cc4)c3)C2=O)cc1. The van der Waals surface area contributed by atoms with Gasteiger partial charge in [-0.05, 0) is 73.7 Å². The monoisotopic (exact) mass is 539 g/mol. The largest absolute Gasteiger partial charge is 0.350 e. The number of benzene rings is 4.